The van der Waals surface area contributed by atoms with Gasteiger partial charge in [-0.2, -0.15) is 0 Å². The number of hydrogen-bond donors (Lipinski definition) is 1. The van der Waals surface area contributed by atoms with Gasteiger partial charge in [-0.25, -0.2) is 4.98 Å². The molecule has 0 radical (unpaired) electrons. The minimum atomic E-state index is 0.0473. The molecule has 0 aliphatic carbocycles. The van der Waals surface area contributed by atoms with Gasteiger partial charge in [-0.05, 0) is 11.6 Å². The van der Waals surface area contributed by atoms with Crippen LogP contribution in [0.1, 0.15) is 0 Å². The Bertz CT molecular complexity index is 709. The number of thiazole rings is 1. The first-order valence-electron chi connectivity index (χ1n) is 5.76. The fourth-order valence-electron chi connectivity index (χ4n) is 1.84. The lowest BCUT2D eigenvalue weighted by Gasteiger charge is -1.98. The SMILES string of the molecule is Oc1nc(-c2ccccc2Cl)sc1-c1ccccc1. The van der Waals surface area contributed by atoms with Crippen molar-refractivity contribution >= 4 is 22.9 Å². The summed E-state index contributed by atoms with van der Waals surface area (Å²) in [6.07, 6.45) is 0. The van der Waals surface area contributed by atoms with E-state index in [0.29, 0.717) is 5.02 Å². The third kappa shape index (κ3) is 2.35. The fourth-order valence-corrected chi connectivity index (χ4v) is 3.13. The molecule has 19 heavy (non-hydrogen) atoms. The zero-order chi connectivity index (χ0) is 13.2. The fraction of sp³-hybridized carbons (Fsp3) is 0. The van der Waals surface area contributed by atoms with Crippen molar-refractivity contribution in [3.05, 3.63) is 59.6 Å². The molecule has 0 aliphatic rings. The lowest BCUT2D eigenvalue weighted by Crippen LogP contribution is -1.76. The minimum Gasteiger partial charge on any atom is -0.492 e. The summed E-state index contributed by atoms with van der Waals surface area (Å²) >= 11 is 7.59. The van der Waals surface area contributed by atoms with Crippen molar-refractivity contribution in [2.75, 3.05) is 0 Å². The van der Waals surface area contributed by atoms with Gasteiger partial charge in [0.15, 0.2) is 0 Å². The maximum atomic E-state index is 9.99. The van der Waals surface area contributed by atoms with E-state index in [0.717, 1.165) is 21.0 Å². The van der Waals surface area contributed by atoms with E-state index in [1.165, 1.54) is 11.3 Å². The second-order valence-corrected chi connectivity index (χ2v) is 5.42. The van der Waals surface area contributed by atoms with Crippen molar-refractivity contribution in [1.29, 1.82) is 0 Å². The topological polar surface area (TPSA) is 33.1 Å². The second kappa shape index (κ2) is 5.03. The van der Waals surface area contributed by atoms with Gasteiger partial charge in [-0.3, -0.25) is 0 Å². The van der Waals surface area contributed by atoms with Crippen LogP contribution < -0.4 is 0 Å². The van der Waals surface area contributed by atoms with Crippen LogP contribution in [0.2, 0.25) is 5.02 Å². The Balaban J connectivity index is 2.10. The first-order chi connectivity index (χ1) is 9.25. The van der Waals surface area contributed by atoms with Crippen molar-refractivity contribution in [2.45, 2.75) is 0 Å². The second-order valence-electron chi connectivity index (χ2n) is 4.02. The zero-order valence-corrected chi connectivity index (χ0v) is 11.4. The summed E-state index contributed by atoms with van der Waals surface area (Å²) in [6, 6.07) is 17.2. The Hall–Kier alpha value is -1.84. The van der Waals surface area contributed by atoms with Crippen LogP contribution in [-0.4, -0.2) is 10.1 Å². The van der Waals surface area contributed by atoms with Crippen molar-refractivity contribution < 1.29 is 5.11 Å². The molecule has 1 aromatic heterocycles. The quantitative estimate of drug-likeness (QED) is 0.732. The van der Waals surface area contributed by atoms with Crippen LogP contribution in [0.25, 0.3) is 21.0 Å². The molecule has 0 spiro atoms. The molecule has 0 saturated carbocycles. The molecule has 0 unspecified atom stereocenters. The highest BCUT2D eigenvalue weighted by atomic mass is 35.5. The average Bonchev–Trinajstić information content (AvgIpc) is 2.82. The molecule has 0 amide bonds. The standard InChI is InChI=1S/C15H10ClNOS/c16-12-9-5-4-8-11(12)15-17-14(18)13(19-15)10-6-2-1-3-7-10/h1-9,18H. The van der Waals surface area contributed by atoms with E-state index < -0.39 is 0 Å². The van der Waals surface area contributed by atoms with Crippen LogP contribution in [0.4, 0.5) is 0 Å². The first-order valence-corrected chi connectivity index (χ1v) is 6.95. The van der Waals surface area contributed by atoms with Crippen LogP contribution in [0.15, 0.2) is 54.6 Å². The Morgan fingerprint density at radius 3 is 2.37 bits per heavy atom. The van der Waals surface area contributed by atoms with Crippen molar-refractivity contribution in [2.24, 2.45) is 0 Å². The Labute approximate surface area is 120 Å². The molecule has 2 aromatic carbocycles. The number of benzene rings is 2. The number of hydrogen-bond acceptors (Lipinski definition) is 3. The van der Waals surface area contributed by atoms with Crippen molar-refractivity contribution in [3.8, 4) is 26.9 Å². The van der Waals surface area contributed by atoms with Gasteiger partial charge in [-0.15, -0.1) is 11.3 Å². The predicted molar refractivity (Wildman–Crippen MR) is 79.7 cm³/mol. The molecule has 3 aromatic rings. The molecule has 1 heterocycles. The average molecular weight is 288 g/mol. The number of rotatable bonds is 2. The summed E-state index contributed by atoms with van der Waals surface area (Å²) in [4.78, 5) is 4.97. The molecule has 0 bridgehead atoms. The molecule has 0 fully saturated rings. The normalized spacial score (nSPS) is 10.6. The van der Waals surface area contributed by atoms with E-state index in [4.69, 9.17) is 11.6 Å². The van der Waals surface area contributed by atoms with Gasteiger partial charge in [-0.1, -0.05) is 60.1 Å². The van der Waals surface area contributed by atoms with Gasteiger partial charge in [0.2, 0.25) is 5.88 Å². The summed E-state index contributed by atoms with van der Waals surface area (Å²) in [5.74, 6) is 0.0473. The number of aromatic nitrogens is 1. The highest BCUT2D eigenvalue weighted by molar-refractivity contribution is 7.18. The lowest BCUT2D eigenvalue weighted by atomic mass is 10.2. The van der Waals surface area contributed by atoms with E-state index in [2.05, 4.69) is 4.98 Å². The van der Waals surface area contributed by atoms with Gasteiger partial charge in [0.25, 0.3) is 0 Å². The van der Waals surface area contributed by atoms with E-state index in [1.54, 1.807) is 0 Å². The van der Waals surface area contributed by atoms with Crippen LogP contribution in [0.3, 0.4) is 0 Å². The summed E-state index contributed by atoms with van der Waals surface area (Å²) in [5, 5.41) is 11.4. The molecule has 3 rings (SSSR count). The molecule has 2 nitrogen and oxygen atoms in total. The highest BCUT2D eigenvalue weighted by Gasteiger charge is 2.14. The smallest absolute Gasteiger partial charge is 0.230 e. The van der Waals surface area contributed by atoms with Gasteiger partial charge in [0.05, 0.1) is 9.90 Å². The van der Waals surface area contributed by atoms with Crippen LogP contribution in [-0.2, 0) is 0 Å². The number of aromatic hydroxyl groups is 1. The summed E-state index contributed by atoms with van der Waals surface area (Å²) in [5.41, 5.74) is 1.79. The van der Waals surface area contributed by atoms with Gasteiger partial charge < -0.3 is 5.11 Å². The largest absolute Gasteiger partial charge is 0.492 e. The van der Waals surface area contributed by atoms with E-state index >= 15 is 0 Å². The Kier molecular flexibility index (Phi) is 3.23. The minimum absolute atomic E-state index is 0.0473. The van der Waals surface area contributed by atoms with E-state index in [-0.39, 0.29) is 5.88 Å². The molecule has 0 saturated heterocycles. The van der Waals surface area contributed by atoms with Gasteiger partial charge >= 0.3 is 0 Å². The number of nitrogens with zero attached hydrogens (tertiary/aromatic N) is 1. The predicted octanol–water partition coefficient (Wildman–Crippen LogP) is 4.84. The Morgan fingerprint density at radius 2 is 1.63 bits per heavy atom. The lowest BCUT2D eigenvalue weighted by molar-refractivity contribution is 0.459. The molecule has 94 valence electrons. The van der Waals surface area contributed by atoms with Crippen LogP contribution >= 0.6 is 22.9 Å². The number of halogens is 1. The summed E-state index contributed by atoms with van der Waals surface area (Å²) < 4.78 is 0. The van der Waals surface area contributed by atoms with E-state index in [9.17, 15) is 5.11 Å². The van der Waals surface area contributed by atoms with Crippen LogP contribution in [0.5, 0.6) is 5.88 Å². The maximum absolute atomic E-state index is 9.99. The monoisotopic (exact) mass is 287 g/mol. The van der Waals surface area contributed by atoms with Crippen molar-refractivity contribution in [1.82, 2.24) is 4.98 Å². The van der Waals surface area contributed by atoms with Crippen molar-refractivity contribution in [3.63, 3.8) is 0 Å². The summed E-state index contributed by atoms with van der Waals surface area (Å²) in [6.45, 7) is 0. The molecule has 0 aliphatic heterocycles. The highest BCUT2D eigenvalue weighted by Crippen LogP contribution is 2.40. The van der Waals surface area contributed by atoms with Crippen LogP contribution in [0, 0.1) is 0 Å². The van der Waals surface area contributed by atoms with E-state index in [1.807, 2.05) is 54.6 Å². The molecule has 0 atom stereocenters. The maximum Gasteiger partial charge on any atom is 0.230 e. The third-order valence-electron chi connectivity index (χ3n) is 2.75. The molecule has 4 heteroatoms. The zero-order valence-electron chi connectivity index (χ0n) is 9.88. The first kappa shape index (κ1) is 12.2. The summed E-state index contributed by atoms with van der Waals surface area (Å²) in [7, 11) is 0. The molecular weight excluding hydrogens is 278 g/mol. The van der Waals surface area contributed by atoms with Gasteiger partial charge in [0, 0.05) is 5.56 Å². The Morgan fingerprint density at radius 1 is 0.947 bits per heavy atom. The van der Waals surface area contributed by atoms with Gasteiger partial charge in [0.1, 0.15) is 5.01 Å². The third-order valence-corrected chi connectivity index (χ3v) is 4.21. The molecule has 1 N–H and O–H groups in total. The molecular formula is C15H10ClNOS.